The molecule has 0 radical (unpaired) electrons. The van der Waals surface area contributed by atoms with Crippen LogP contribution < -0.4 is 15.6 Å². The Morgan fingerprint density at radius 3 is 2.48 bits per heavy atom. The molecule has 0 aliphatic carbocycles. The van der Waals surface area contributed by atoms with Crippen LogP contribution in [0.15, 0.2) is 23.1 Å². The van der Waals surface area contributed by atoms with Crippen molar-refractivity contribution in [1.29, 1.82) is 0 Å². The Kier molecular flexibility index (Phi) is 8.15. The second kappa shape index (κ2) is 10.4. The van der Waals surface area contributed by atoms with E-state index in [1.165, 1.54) is 11.0 Å². The molecule has 0 bridgehead atoms. The zero-order valence-electron chi connectivity index (χ0n) is 16.8. The Bertz CT molecular complexity index is 869. The van der Waals surface area contributed by atoms with Crippen molar-refractivity contribution in [3.8, 4) is 0 Å². The predicted octanol–water partition coefficient (Wildman–Crippen LogP) is 0.522. The Morgan fingerprint density at radius 2 is 1.76 bits per heavy atom. The van der Waals surface area contributed by atoms with Crippen molar-refractivity contribution < 1.29 is 22.8 Å². The molecule has 3 N–H and O–H groups in total. The Balaban J connectivity index is 1.73. The first-order valence-electron chi connectivity index (χ1n) is 9.61. The first-order chi connectivity index (χ1) is 13.7. The number of nitrogens with one attached hydrogen (secondary N) is 3. The van der Waals surface area contributed by atoms with Crippen molar-refractivity contribution in [2.45, 2.75) is 50.8 Å². The van der Waals surface area contributed by atoms with E-state index in [1.54, 1.807) is 12.1 Å². The minimum atomic E-state index is -3.72. The van der Waals surface area contributed by atoms with Crippen LogP contribution in [0.3, 0.4) is 0 Å². The molecule has 1 heterocycles. The van der Waals surface area contributed by atoms with Gasteiger partial charge in [-0.05, 0) is 49.9 Å². The van der Waals surface area contributed by atoms with Crippen molar-refractivity contribution in [3.63, 3.8) is 0 Å². The van der Waals surface area contributed by atoms with Crippen molar-refractivity contribution in [2.75, 3.05) is 19.6 Å². The molecule has 160 valence electrons. The van der Waals surface area contributed by atoms with Crippen LogP contribution in [0.1, 0.15) is 43.2 Å². The van der Waals surface area contributed by atoms with Crippen LogP contribution in [0.5, 0.6) is 0 Å². The number of hydrogen-bond donors (Lipinski definition) is 3. The number of benzene rings is 1. The number of amides is 3. The summed E-state index contributed by atoms with van der Waals surface area (Å²) in [7, 11) is -3.72. The van der Waals surface area contributed by atoms with Gasteiger partial charge in [0.1, 0.15) is 6.54 Å². The van der Waals surface area contributed by atoms with Gasteiger partial charge in [-0.2, -0.15) is 0 Å². The molecule has 0 atom stereocenters. The average molecular weight is 425 g/mol. The SMILES string of the molecule is Cc1ccc(S(=O)(=O)NCCC(=O)NNC(=O)CN2CCCCCC2=O)cc1C. The second-order valence-electron chi connectivity index (χ2n) is 7.12. The molecule has 0 unspecified atom stereocenters. The van der Waals surface area contributed by atoms with Gasteiger partial charge < -0.3 is 4.90 Å². The summed E-state index contributed by atoms with van der Waals surface area (Å²) in [5.41, 5.74) is 6.33. The third-order valence-electron chi connectivity index (χ3n) is 4.78. The van der Waals surface area contributed by atoms with E-state index in [0.717, 1.165) is 30.4 Å². The third kappa shape index (κ3) is 7.13. The van der Waals surface area contributed by atoms with E-state index in [1.807, 2.05) is 13.8 Å². The Morgan fingerprint density at radius 1 is 1.03 bits per heavy atom. The zero-order chi connectivity index (χ0) is 21.4. The van der Waals surface area contributed by atoms with E-state index in [0.29, 0.717) is 13.0 Å². The van der Waals surface area contributed by atoms with Crippen molar-refractivity contribution in [1.82, 2.24) is 20.5 Å². The van der Waals surface area contributed by atoms with E-state index in [-0.39, 0.29) is 30.3 Å². The molecule has 10 heteroatoms. The monoisotopic (exact) mass is 424 g/mol. The highest BCUT2D eigenvalue weighted by atomic mass is 32.2. The number of aryl methyl sites for hydroxylation is 2. The molecule has 3 amide bonds. The number of rotatable bonds is 7. The molecular formula is C19H28N4O5S. The fraction of sp³-hybridized carbons (Fsp3) is 0.526. The topological polar surface area (TPSA) is 125 Å². The van der Waals surface area contributed by atoms with Gasteiger partial charge in [-0.3, -0.25) is 25.2 Å². The van der Waals surface area contributed by atoms with Crippen LogP contribution in [-0.2, 0) is 24.4 Å². The van der Waals surface area contributed by atoms with Gasteiger partial charge in [-0.1, -0.05) is 12.5 Å². The van der Waals surface area contributed by atoms with E-state index in [9.17, 15) is 22.8 Å². The quantitative estimate of drug-likeness (QED) is 0.551. The lowest BCUT2D eigenvalue weighted by Gasteiger charge is -2.19. The lowest BCUT2D eigenvalue weighted by Crippen LogP contribution is -2.48. The number of carbonyl (C=O) groups excluding carboxylic acids is 3. The molecule has 2 rings (SSSR count). The van der Waals surface area contributed by atoms with Crippen LogP contribution in [-0.4, -0.2) is 50.7 Å². The highest BCUT2D eigenvalue weighted by Crippen LogP contribution is 2.14. The first-order valence-corrected chi connectivity index (χ1v) is 11.1. The van der Waals surface area contributed by atoms with Crippen molar-refractivity contribution >= 4 is 27.7 Å². The summed E-state index contributed by atoms with van der Waals surface area (Å²) in [6, 6.07) is 4.80. The van der Waals surface area contributed by atoms with Crippen LogP contribution in [0.4, 0.5) is 0 Å². The zero-order valence-corrected chi connectivity index (χ0v) is 17.6. The minimum Gasteiger partial charge on any atom is -0.333 e. The van der Waals surface area contributed by atoms with E-state index in [2.05, 4.69) is 15.6 Å². The van der Waals surface area contributed by atoms with Gasteiger partial charge in [0.25, 0.3) is 5.91 Å². The number of nitrogens with zero attached hydrogens (tertiary/aromatic N) is 1. The summed E-state index contributed by atoms with van der Waals surface area (Å²) in [4.78, 5) is 37.2. The van der Waals surface area contributed by atoms with Gasteiger partial charge >= 0.3 is 0 Å². The van der Waals surface area contributed by atoms with Crippen LogP contribution in [0.25, 0.3) is 0 Å². The van der Waals surface area contributed by atoms with Gasteiger partial charge in [0.15, 0.2) is 0 Å². The standard InChI is InChI=1S/C19H28N4O5S/c1-14-7-8-16(12-15(14)2)29(27,28)20-10-9-17(24)21-22-18(25)13-23-11-5-3-4-6-19(23)26/h7-8,12,20H,3-6,9-11,13H2,1-2H3,(H,21,24)(H,22,25). The summed E-state index contributed by atoms with van der Waals surface area (Å²) in [5.74, 6) is -1.10. The molecule has 1 saturated heterocycles. The van der Waals surface area contributed by atoms with Gasteiger partial charge in [0.05, 0.1) is 4.90 Å². The summed E-state index contributed by atoms with van der Waals surface area (Å²) >= 11 is 0. The van der Waals surface area contributed by atoms with Crippen LogP contribution in [0, 0.1) is 13.8 Å². The fourth-order valence-electron chi connectivity index (χ4n) is 2.88. The summed E-state index contributed by atoms with van der Waals surface area (Å²) in [6.07, 6.45) is 2.92. The number of sulfonamides is 1. The maximum Gasteiger partial charge on any atom is 0.257 e. The molecule has 0 saturated carbocycles. The average Bonchev–Trinajstić information content (AvgIpc) is 2.86. The molecule has 1 aromatic carbocycles. The highest BCUT2D eigenvalue weighted by Gasteiger charge is 2.19. The van der Waals surface area contributed by atoms with Crippen LogP contribution >= 0.6 is 0 Å². The van der Waals surface area contributed by atoms with Gasteiger partial charge in [0, 0.05) is 25.9 Å². The van der Waals surface area contributed by atoms with Gasteiger partial charge in [0.2, 0.25) is 21.8 Å². The van der Waals surface area contributed by atoms with E-state index >= 15 is 0 Å². The third-order valence-corrected chi connectivity index (χ3v) is 6.24. The maximum atomic E-state index is 12.3. The lowest BCUT2D eigenvalue weighted by molar-refractivity contribution is -0.136. The molecular weight excluding hydrogens is 396 g/mol. The molecule has 1 aliphatic heterocycles. The maximum absolute atomic E-state index is 12.3. The number of hydrazine groups is 1. The molecule has 1 aliphatic rings. The first kappa shape index (κ1) is 22.8. The predicted molar refractivity (Wildman–Crippen MR) is 107 cm³/mol. The largest absolute Gasteiger partial charge is 0.333 e. The summed E-state index contributed by atoms with van der Waals surface area (Å²) in [5, 5.41) is 0. The van der Waals surface area contributed by atoms with E-state index < -0.39 is 21.8 Å². The Hall–Kier alpha value is -2.46. The van der Waals surface area contributed by atoms with Gasteiger partial charge in [-0.25, -0.2) is 13.1 Å². The van der Waals surface area contributed by atoms with Crippen LogP contribution in [0.2, 0.25) is 0 Å². The molecule has 0 spiro atoms. The highest BCUT2D eigenvalue weighted by molar-refractivity contribution is 7.89. The number of hydrogen-bond acceptors (Lipinski definition) is 5. The normalized spacial score (nSPS) is 15.0. The molecule has 1 fully saturated rings. The summed E-state index contributed by atoms with van der Waals surface area (Å²) < 4.78 is 26.9. The fourth-order valence-corrected chi connectivity index (χ4v) is 4.00. The summed E-state index contributed by atoms with van der Waals surface area (Å²) in [6.45, 7) is 4.02. The number of carbonyl (C=O) groups is 3. The van der Waals surface area contributed by atoms with Crippen molar-refractivity contribution in [2.24, 2.45) is 0 Å². The van der Waals surface area contributed by atoms with Gasteiger partial charge in [-0.15, -0.1) is 0 Å². The second-order valence-corrected chi connectivity index (χ2v) is 8.88. The Labute approximate surface area is 171 Å². The molecule has 0 aromatic heterocycles. The molecule has 1 aromatic rings. The van der Waals surface area contributed by atoms with Crippen molar-refractivity contribution in [3.05, 3.63) is 29.3 Å². The van der Waals surface area contributed by atoms with E-state index in [4.69, 9.17) is 0 Å². The molecule has 29 heavy (non-hydrogen) atoms. The molecule has 9 nitrogen and oxygen atoms in total. The minimum absolute atomic E-state index is 0.0651. The lowest BCUT2D eigenvalue weighted by atomic mass is 10.1. The smallest absolute Gasteiger partial charge is 0.257 e. The number of likely N-dealkylation sites (tertiary alicyclic amines) is 1.